The zero-order chi connectivity index (χ0) is 25.5. The lowest BCUT2D eigenvalue weighted by atomic mass is 9.95. The molecular weight excluding hydrogens is 503 g/mol. The van der Waals surface area contributed by atoms with Crippen molar-refractivity contribution in [3.8, 4) is 6.07 Å². The van der Waals surface area contributed by atoms with E-state index in [1.54, 1.807) is 6.07 Å². The van der Waals surface area contributed by atoms with Crippen molar-refractivity contribution in [3.05, 3.63) is 57.0 Å². The molecule has 3 unspecified atom stereocenters. The largest absolute Gasteiger partial charge is 0.377 e. The van der Waals surface area contributed by atoms with Crippen LogP contribution < -0.4 is 10.2 Å². The lowest BCUT2D eigenvalue weighted by Gasteiger charge is -2.33. The van der Waals surface area contributed by atoms with E-state index in [9.17, 15) is 10.1 Å². The van der Waals surface area contributed by atoms with Gasteiger partial charge < -0.3 is 15.1 Å². The van der Waals surface area contributed by atoms with Crippen LogP contribution in [-0.4, -0.2) is 37.5 Å². The number of carbonyl (C=O) groups is 1. The third kappa shape index (κ3) is 7.19. The molecule has 0 aromatic heterocycles. The summed E-state index contributed by atoms with van der Waals surface area (Å²) >= 11 is 18.9. The van der Waals surface area contributed by atoms with Crippen LogP contribution in [0.3, 0.4) is 0 Å². The van der Waals surface area contributed by atoms with E-state index < -0.39 is 0 Å². The summed E-state index contributed by atoms with van der Waals surface area (Å²) in [5, 5.41) is 14.5. The minimum absolute atomic E-state index is 0.0435. The van der Waals surface area contributed by atoms with Gasteiger partial charge in [-0.2, -0.15) is 5.26 Å². The molecule has 1 N–H and O–H groups in total. The van der Waals surface area contributed by atoms with Gasteiger partial charge in [-0.05, 0) is 68.5 Å². The molecule has 1 heterocycles. The standard InChI is InChI=1S/C27H33Cl3N4O/c1-4-20(27(35)34-12-5-6-19(16-31)17-34)11-13-33(3)22-8-10-24(29)26(15-22)32-18(2)23-9-7-21(28)14-25(23)30/h7-10,14-15,18-20,32H,4-6,11-13,17H2,1-3H3. The van der Waals surface area contributed by atoms with Crippen molar-refractivity contribution in [2.75, 3.05) is 36.9 Å². The molecule has 1 aliphatic rings. The highest BCUT2D eigenvalue weighted by atomic mass is 35.5. The van der Waals surface area contributed by atoms with Gasteiger partial charge in [0.05, 0.1) is 28.7 Å². The van der Waals surface area contributed by atoms with Gasteiger partial charge in [0, 0.05) is 48.3 Å². The van der Waals surface area contributed by atoms with Crippen LogP contribution in [0.4, 0.5) is 11.4 Å². The molecule has 2 aromatic rings. The average molecular weight is 536 g/mol. The van der Waals surface area contributed by atoms with Crippen molar-refractivity contribution < 1.29 is 4.79 Å². The van der Waals surface area contributed by atoms with Crippen molar-refractivity contribution in [2.45, 2.75) is 45.6 Å². The van der Waals surface area contributed by atoms with Crippen LogP contribution in [0.2, 0.25) is 15.1 Å². The summed E-state index contributed by atoms with van der Waals surface area (Å²) < 4.78 is 0. The van der Waals surface area contributed by atoms with E-state index in [0.29, 0.717) is 21.6 Å². The predicted molar refractivity (Wildman–Crippen MR) is 147 cm³/mol. The summed E-state index contributed by atoms with van der Waals surface area (Å²) in [6, 6.07) is 13.6. The molecule has 8 heteroatoms. The second-order valence-electron chi connectivity index (χ2n) is 9.26. The number of nitrogens with zero attached hydrogens (tertiary/aromatic N) is 3. The molecule has 188 valence electrons. The predicted octanol–water partition coefficient (Wildman–Crippen LogP) is 7.43. The Morgan fingerprint density at radius 2 is 2.00 bits per heavy atom. The molecule has 1 amide bonds. The summed E-state index contributed by atoms with van der Waals surface area (Å²) in [5.41, 5.74) is 2.76. The number of hydrogen-bond acceptors (Lipinski definition) is 4. The van der Waals surface area contributed by atoms with Gasteiger partial charge in [0.1, 0.15) is 0 Å². The summed E-state index contributed by atoms with van der Waals surface area (Å²) in [6.45, 7) is 6.13. The number of likely N-dealkylation sites (tertiary alicyclic amines) is 1. The average Bonchev–Trinajstić information content (AvgIpc) is 2.85. The van der Waals surface area contributed by atoms with Crippen molar-refractivity contribution in [3.63, 3.8) is 0 Å². The van der Waals surface area contributed by atoms with E-state index >= 15 is 0 Å². The van der Waals surface area contributed by atoms with Gasteiger partial charge in [-0.25, -0.2) is 0 Å². The minimum Gasteiger partial charge on any atom is -0.377 e. The van der Waals surface area contributed by atoms with Gasteiger partial charge in [-0.15, -0.1) is 0 Å². The molecule has 1 saturated heterocycles. The maximum atomic E-state index is 13.1. The SMILES string of the molecule is CCC(CCN(C)c1ccc(Cl)c(NC(C)c2ccc(Cl)cc2Cl)c1)C(=O)N1CCCC(C#N)C1. The summed E-state index contributed by atoms with van der Waals surface area (Å²) in [4.78, 5) is 17.1. The number of rotatable bonds is 9. The second-order valence-corrected chi connectivity index (χ2v) is 10.5. The molecule has 5 nitrogen and oxygen atoms in total. The van der Waals surface area contributed by atoms with Crippen molar-refractivity contribution in [1.82, 2.24) is 4.90 Å². The van der Waals surface area contributed by atoms with Crippen molar-refractivity contribution in [2.24, 2.45) is 11.8 Å². The maximum Gasteiger partial charge on any atom is 0.225 e. The quantitative estimate of drug-likeness (QED) is 0.362. The molecule has 0 spiro atoms. The van der Waals surface area contributed by atoms with Crippen LogP contribution >= 0.6 is 34.8 Å². The molecule has 3 atom stereocenters. The van der Waals surface area contributed by atoms with Crippen molar-refractivity contribution in [1.29, 1.82) is 5.26 Å². The maximum absolute atomic E-state index is 13.1. The Labute approximate surface area is 223 Å². The summed E-state index contributed by atoms with van der Waals surface area (Å²) in [7, 11) is 2.02. The minimum atomic E-state index is -0.0679. The zero-order valence-electron chi connectivity index (χ0n) is 20.5. The van der Waals surface area contributed by atoms with Gasteiger partial charge in [-0.1, -0.05) is 47.8 Å². The smallest absolute Gasteiger partial charge is 0.225 e. The van der Waals surface area contributed by atoms with Gasteiger partial charge in [0.2, 0.25) is 5.91 Å². The van der Waals surface area contributed by atoms with Crippen molar-refractivity contribution >= 4 is 52.1 Å². The highest BCUT2D eigenvalue weighted by Gasteiger charge is 2.28. The lowest BCUT2D eigenvalue weighted by molar-refractivity contribution is -0.137. The topological polar surface area (TPSA) is 59.4 Å². The van der Waals surface area contributed by atoms with Crippen LogP contribution in [0.5, 0.6) is 0 Å². The molecule has 0 saturated carbocycles. The number of hydrogen-bond donors (Lipinski definition) is 1. The number of nitriles is 1. The van der Waals surface area contributed by atoms with Crippen LogP contribution in [0.1, 0.15) is 51.1 Å². The Morgan fingerprint density at radius 1 is 1.23 bits per heavy atom. The highest BCUT2D eigenvalue weighted by molar-refractivity contribution is 6.35. The van der Waals surface area contributed by atoms with Gasteiger partial charge in [-0.3, -0.25) is 4.79 Å². The van der Waals surface area contributed by atoms with Crippen LogP contribution in [0, 0.1) is 23.2 Å². The molecule has 2 aromatic carbocycles. The molecule has 3 rings (SSSR count). The Kier molecular flexibility index (Phi) is 9.98. The zero-order valence-corrected chi connectivity index (χ0v) is 22.8. The Hall–Kier alpha value is -2.13. The number of benzene rings is 2. The Balaban J connectivity index is 1.64. The number of carbonyl (C=O) groups excluding carboxylic acids is 1. The lowest BCUT2D eigenvalue weighted by Crippen LogP contribution is -2.43. The Morgan fingerprint density at radius 3 is 2.69 bits per heavy atom. The molecule has 1 fully saturated rings. The highest BCUT2D eigenvalue weighted by Crippen LogP contribution is 2.33. The van der Waals surface area contributed by atoms with E-state index in [1.807, 2.05) is 49.2 Å². The third-order valence-electron chi connectivity index (χ3n) is 6.76. The van der Waals surface area contributed by atoms with Gasteiger partial charge in [0.15, 0.2) is 0 Å². The molecule has 0 radical (unpaired) electrons. The normalized spacial score (nSPS) is 17.4. The fraction of sp³-hybridized carbons (Fsp3) is 0.481. The number of halogens is 3. The summed E-state index contributed by atoms with van der Waals surface area (Å²) in [5.74, 6) is 0.0813. The van der Waals surface area contributed by atoms with Crippen LogP contribution in [0.25, 0.3) is 0 Å². The van der Waals surface area contributed by atoms with Gasteiger partial charge in [0.25, 0.3) is 0 Å². The number of amides is 1. The van der Waals surface area contributed by atoms with Gasteiger partial charge >= 0.3 is 0 Å². The first-order valence-corrected chi connectivity index (χ1v) is 13.3. The first-order chi connectivity index (χ1) is 16.7. The Bertz CT molecular complexity index is 1070. The molecule has 0 aliphatic carbocycles. The number of piperidine rings is 1. The number of anilines is 2. The fourth-order valence-corrected chi connectivity index (χ4v) is 5.29. The van der Waals surface area contributed by atoms with E-state index in [0.717, 1.165) is 55.7 Å². The second kappa shape index (κ2) is 12.7. The fourth-order valence-electron chi connectivity index (χ4n) is 4.55. The molecule has 35 heavy (non-hydrogen) atoms. The van der Waals surface area contributed by atoms with Crippen LogP contribution in [-0.2, 0) is 4.79 Å². The van der Waals surface area contributed by atoms with Crippen LogP contribution in [0.15, 0.2) is 36.4 Å². The number of nitrogens with one attached hydrogen (secondary N) is 1. The molecule has 0 bridgehead atoms. The first kappa shape index (κ1) is 27.5. The third-order valence-corrected chi connectivity index (χ3v) is 7.65. The molecular formula is C27H33Cl3N4O. The van der Waals surface area contributed by atoms with E-state index in [-0.39, 0.29) is 23.8 Å². The van der Waals surface area contributed by atoms with E-state index in [4.69, 9.17) is 34.8 Å². The molecule has 1 aliphatic heterocycles. The summed E-state index contributed by atoms with van der Waals surface area (Å²) in [6.07, 6.45) is 3.32. The first-order valence-electron chi connectivity index (χ1n) is 12.1. The van der Waals surface area contributed by atoms with E-state index in [2.05, 4.69) is 23.2 Å². The van der Waals surface area contributed by atoms with E-state index in [1.165, 1.54) is 0 Å². The monoisotopic (exact) mass is 534 g/mol.